The van der Waals surface area contributed by atoms with E-state index in [1.165, 1.54) is 39.1 Å². The minimum absolute atomic E-state index is 0.132. The van der Waals surface area contributed by atoms with Crippen molar-refractivity contribution in [3.8, 4) is 0 Å². The highest BCUT2D eigenvalue weighted by Gasteiger charge is 2.32. The summed E-state index contributed by atoms with van der Waals surface area (Å²) in [4.78, 5) is 32.2. The van der Waals surface area contributed by atoms with Crippen molar-refractivity contribution in [1.29, 1.82) is 0 Å². The predicted molar refractivity (Wildman–Crippen MR) is 128 cm³/mol. The first-order chi connectivity index (χ1) is 15.0. The van der Waals surface area contributed by atoms with Gasteiger partial charge in [0.15, 0.2) is 5.13 Å². The molecule has 0 spiro atoms. The molecular weight excluding hydrogens is 450 g/mol. The Balaban J connectivity index is 1.29. The van der Waals surface area contributed by atoms with Gasteiger partial charge in [0, 0.05) is 36.5 Å². The number of thiazole rings is 1. The van der Waals surface area contributed by atoms with E-state index in [2.05, 4.69) is 41.5 Å². The quantitative estimate of drug-likeness (QED) is 0.393. The number of amides is 2. The number of benzene rings is 1. The van der Waals surface area contributed by atoms with Crippen LogP contribution in [0.2, 0.25) is 0 Å². The molecule has 1 fully saturated rings. The Morgan fingerprint density at radius 3 is 2.84 bits per heavy atom. The molecular formula is C22H19N3O3S3. The van der Waals surface area contributed by atoms with E-state index < -0.39 is 0 Å². The van der Waals surface area contributed by atoms with Crippen LogP contribution in [-0.2, 0) is 16.0 Å². The molecule has 3 heterocycles. The number of furan rings is 1. The summed E-state index contributed by atoms with van der Waals surface area (Å²) >= 11 is 7.96. The summed E-state index contributed by atoms with van der Waals surface area (Å²) in [6, 6.07) is 11.9. The van der Waals surface area contributed by atoms with Crippen LogP contribution in [0.25, 0.3) is 6.08 Å². The molecule has 1 aliphatic rings. The molecule has 6 nitrogen and oxygen atoms in total. The van der Waals surface area contributed by atoms with Gasteiger partial charge >= 0.3 is 0 Å². The third kappa shape index (κ3) is 5.49. The number of hydrogen-bond donors (Lipinski definition) is 1. The fourth-order valence-corrected chi connectivity index (χ4v) is 5.10. The maximum atomic E-state index is 12.6. The largest absolute Gasteiger partial charge is 0.465 e. The number of anilines is 1. The summed E-state index contributed by atoms with van der Waals surface area (Å²) in [5.74, 6) is 0.164. The zero-order valence-electron chi connectivity index (χ0n) is 16.7. The highest BCUT2D eigenvalue weighted by atomic mass is 32.2. The number of rotatable bonds is 7. The zero-order valence-corrected chi connectivity index (χ0v) is 19.1. The second kappa shape index (κ2) is 9.59. The normalized spacial score (nSPS) is 15.1. The molecule has 0 aliphatic carbocycles. The van der Waals surface area contributed by atoms with Gasteiger partial charge in [0.2, 0.25) is 5.91 Å². The van der Waals surface area contributed by atoms with E-state index in [0.717, 1.165) is 11.3 Å². The van der Waals surface area contributed by atoms with Crippen LogP contribution in [-0.4, -0.2) is 32.6 Å². The molecule has 0 saturated carbocycles. The third-order valence-electron chi connectivity index (χ3n) is 4.55. The van der Waals surface area contributed by atoms with Crippen LogP contribution in [0.3, 0.4) is 0 Å². The summed E-state index contributed by atoms with van der Waals surface area (Å²) in [5, 5.41) is 3.36. The van der Waals surface area contributed by atoms with E-state index in [0.29, 0.717) is 20.1 Å². The highest BCUT2D eigenvalue weighted by Crippen LogP contribution is 2.32. The molecule has 2 amide bonds. The van der Waals surface area contributed by atoms with Crippen molar-refractivity contribution in [2.45, 2.75) is 19.8 Å². The molecule has 31 heavy (non-hydrogen) atoms. The lowest BCUT2D eigenvalue weighted by molar-refractivity contribution is -0.122. The Labute approximate surface area is 193 Å². The minimum Gasteiger partial charge on any atom is -0.465 e. The molecule has 1 saturated heterocycles. The van der Waals surface area contributed by atoms with Crippen molar-refractivity contribution in [3.05, 3.63) is 75.5 Å². The first-order valence-corrected chi connectivity index (χ1v) is 11.6. The Hall–Kier alpha value is -2.75. The van der Waals surface area contributed by atoms with Crippen molar-refractivity contribution in [2.24, 2.45) is 0 Å². The summed E-state index contributed by atoms with van der Waals surface area (Å²) in [5.41, 5.74) is 2.42. The molecule has 0 unspecified atom stereocenters. The van der Waals surface area contributed by atoms with Gasteiger partial charge in [0.25, 0.3) is 5.91 Å². The van der Waals surface area contributed by atoms with Gasteiger partial charge in [-0.05, 0) is 24.6 Å². The number of carbonyl (C=O) groups is 2. The van der Waals surface area contributed by atoms with Crippen LogP contribution in [0.5, 0.6) is 0 Å². The fourth-order valence-electron chi connectivity index (χ4n) is 2.94. The monoisotopic (exact) mass is 469 g/mol. The first-order valence-electron chi connectivity index (χ1n) is 9.57. The SMILES string of the molecule is Cc1ccc(Cc2cnc(NC(=O)CCN3C(=O)C(=Cc4ccco4)SC3=S)s2)cc1. The molecule has 1 N–H and O–H groups in total. The van der Waals surface area contributed by atoms with Crippen molar-refractivity contribution in [2.75, 3.05) is 11.9 Å². The van der Waals surface area contributed by atoms with Gasteiger partial charge in [-0.2, -0.15) is 0 Å². The molecule has 1 aromatic carbocycles. The molecule has 1 aliphatic heterocycles. The first kappa shape index (κ1) is 21.5. The van der Waals surface area contributed by atoms with Crippen LogP contribution in [0.1, 0.15) is 28.2 Å². The Kier molecular flexibility index (Phi) is 6.64. The van der Waals surface area contributed by atoms with E-state index in [-0.39, 0.29) is 24.8 Å². The molecule has 3 aromatic rings. The Bertz CT molecular complexity index is 1130. The number of thiocarbonyl (C=S) groups is 1. The Morgan fingerprint density at radius 2 is 2.10 bits per heavy atom. The lowest BCUT2D eigenvalue weighted by atomic mass is 10.1. The molecule has 0 bridgehead atoms. The summed E-state index contributed by atoms with van der Waals surface area (Å²) in [7, 11) is 0. The average molecular weight is 470 g/mol. The van der Waals surface area contributed by atoms with Gasteiger partial charge in [0.1, 0.15) is 10.1 Å². The van der Waals surface area contributed by atoms with Gasteiger partial charge < -0.3 is 9.73 Å². The molecule has 4 rings (SSSR count). The molecule has 0 radical (unpaired) electrons. The molecule has 9 heteroatoms. The van der Waals surface area contributed by atoms with Crippen molar-refractivity contribution < 1.29 is 14.0 Å². The van der Waals surface area contributed by atoms with Crippen LogP contribution in [0, 0.1) is 6.92 Å². The zero-order chi connectivity index (χ0) is 21.8. The number of carbonyl (C=O) groups excluding carboxylic acids is 2. The van der Waals surface area contributed by atoms with Gasteiger partial charge in [-0.3, -0.25) is 14.5 Å². The molecule has 2 aromatic heterocycles. The molecule has 158 valence electrons. The lowest BCUT2D eigenvalue weighted by Crippen LogP contribution is -2.31. The number of aryl methyl sites for hydroxylation is 1. The highest BCUT2D eigenvalue weighted by molar-refractivity contribution is 8.26. The predicted octanol–water partition coefficient (Wildman–Crippen LogP) is 4.87. The van der Waals surface area contributed by atoms with Crippen LogP contribution >= 0.6 is 35.3 Å². The van der Waals surface area contributed by atoms with E-state index >= 15 is 0 Å². The van der Waals surface area contributed by atoms with Gasteiger partial charge in [-0.1, -0.05) is 53.8 Å². The van der Waals surface area contributed by atoms with Crippen molar-refractivity contribution in [1.82, 2.24) is 9.88 Å². The lowest BCUT2D eigenvalue weighted by Gasteiger charge is -2.13. The van der Waals surface area contributed by atoms with Crippen LogP contribution in [0.15, 0.2) is 58.2 Å². The number of nitrogens with one attached hydrogen (secondary N) is 1. The number of nitrogens with zero attached hydrogens (tertiary/aromatic N) is 2. The van der Waals surface area contributed by atoms with E-state index in [1.807, 2.05) is 0 Å². The standard InChI is InChI=1S/C22H19N3O3S3/c1-14-4-6-15(7-5-14)11-17-13-23-21(30-17)24-19(26)8-9-25-20(27)18(31-22(25)29)12-16-3-2-10-28-16/h2-7,10,12-13H,8-9,11H2,1H3,(H,23,24,26). The number of aromatic nitrogens is 1. The van der Waals surface area contributed by atoms with Crippen LogP contribution in [0.4, 0.5) is 5.13 Å². The van der Waals surface area contributed by atoms with Gasteiger partial charge in [0.05, 0.1) is 11.2 Å². The number of hydrogen-bond acceptors (Lipinski definition) is 7. The average Bonchev–Trinajstić information content (AvgIpc) is 3.46. The number of thioether (sulfide) groups is 1. The second-order valence-electron chi connectivity index (χ2n) is 6.94. The summed E-state index contributed by atoms with van der Waals surface area (Å²) < 4.78 is 5.69. The summed E-state index contributed by atoms with van der Waals surface area (Å²) in [6.07, 6.45) is 5.88. The van der Waals surface area contributed by atoms with Crippen molar-refractivity contribution >= 4 is 62.7 Å². The second-order valence-corrected chi connectivity index (χ2v) is 9.73. The van der Waals surface area contributed by atoms with E-state index in [4.69, 9.17) is 16.6 Å². The van der Waals surface area contributed by atoms with Gasteiger partial charge in [-0.15, -0.1) is 11.3 Å². The topological polar surface area (TPSA) is 75.4 Å². The van der Waals surface area contributed by atoms with E-state index in [1.54, 1.807) is 30.7 Å². The fraction of sp³-hybridized carbons (Fsp3) is 0.182. The minimum atomic E-state index is -0.214. The van der Waals surface area contributed by atoms with E-state index in [9.17, 15) is 9.59 Å². The van der Waals surface area contributed by atoms with Gasteiger partial charge in [-0.25, -0.2) is 4.98 Å². The molecule has 0 atom stereocenters. The third-order valence-corrected chi connectivity index (χ3v) is 6.84. The van der Waals surface area contributed by atoms with Crippen LogP contribution < -0.4 is 5.32 Å². The Morgan fingerprint density at radius 1 is 1.29 bits per heavy atom. The summed E-state index contributed by atoms with van der Waals surface area (Å²) in [6.45, 7) is 2.27. The maximum absolute atomic E-state index is 12.6. The smallest absolute Gasteiger partial charge is 0.266 e. The maximum Gasteiger partial charge on any atom is 0.266 e. The van der Waals surface area contributed by atoms with Crippen molar-refractivity contribution in [3.63, 3.8) is 0 Å².